The number of hydrogen-bond acceptors (Lipinski definition) is 2. The first-order valence-electron chi connectivity index (χ1n) is 11.1. The minimum atomic E-state index is 0.0138. The zero-order chi connectivity index (χ0) is 22.8. The van der Waals surface area contributed by atoms with Crippen LogP contribution < -0.4 is 0 Å². The molecule has 1 atom stereocenters. The number of thiophene rings is 1. The second-order valence-corrected chi connectivity index (χ2v) is 9.91. The first-order valence-corrected chi connectivity index (χ1v) is 12.1. The van der Waals surface area contributed by atoms with Crippen LogP contribution >= 0.6 is 11.3 Å². The van der Waals surface area contributed by atoms with E-state index in [4.69, 9.17) is 0 Å². The van der Waals surface area contributed by atoms with Crippen LogP contribution in [0.3, 0.4) is 0 Å². The van der Waals surface area contributed by atoms with Crippen LogP contribution in [-0.4, -0.2) is 11.7 Å². The molecule has 164 valence electrons. The summed E-state index contributed by atoms with van der Waals surface area (Å²) in [6.07, 6.45) is 9.98. The van der Waals surface area contributed by atoms with Crippen molar-refractivity contribution < 1.29 is 5.11 Å². The molecule has 0 radical (unpaired) electrons. The molecule has 1 N–H and O–H groups in total. The molecule has 0 saturated heterocycles. The van der Waals surface area contributed by atoms with Crippen molar-refractivity contribution in [1.82, 2.24) is 0 Å². The molecule has 2 heteroatoms. The van der Waals surface area contributed by atoms with E-state index in [-0.39, 0.29) is 17.9 Å². The monoisotopic (exact) mass is 440 g/mol. The number of rotatable bonds is 8. The smallest absolute Gasteiger partial charge is 0.0465 e. The third-order valence-corrected chi connectivity index (χ3v) is 5.74. The summed E-state index contributed by atoms with van der Waals surface area (Å²) in [5, 5.41) is 14.1. The Morgan fingerprint density at radius 3 is 2.41 bits per heavy atom. The molecule has 1 aromatic heterocycles. The summed E-state index contributed by atoms with van der Waals surface area (Å²) in [4.78, 5) is 0. The van der Waals surface area contributed by atoms with Gasteiger partial charge in [-0.05, 0) is 96.3 Å². The average Bonchev–Trinajstić information content (AvgIpc) is 3.31. The molecule has 2 aromatic carbocycles. The van der Waals surface area contributed by atoms with Crippen molar-refractivity contribution in [2.75, 3.05) is 6.61 Å². The van der Waals surface area contributed by atoms with E-state index < -0.39 is 0 Å². The van der Waals surface area contributed by atoms with Gasteiger partial charge in [-0.25, -0.2) is 0 Å². The van der Waals surface area contributed by atoms with Gasteiger partial charge in [-0.15, -0.1) is 0 Å². The Morgan fingerprint density at radius 2 is 1.72 bits per heavy atom. The van der Waals surface area contributed by atoms with Crippen molar-refractivity contribution in [1.29, 1.82) is 0 Å². The maximum absolute atomic E-state index is 9.82. The van der Waals surface area contributed by atoms with Gasteiger partial charge in [-0.3, -0.25) is 0 Å². The summed E-state index contributed by atoms with van der Waals surface area (Å²) in [5.74, 6) is 6.50. The maximum atomic E-state index is 9.82. The molecule has 0 fully saturated rings. The standard InChI is InChI=1S/C30H32OS/c1-30(2,3)17-6-4-5-9-27(22-31)20-26-12-7-10-24(19-26)14-15-25-11-8-13-28(21-25)29-16-18-32-23-29/h4-5,7-8,10-16,18-19,21,23,27,31H,9,20,22H2,1-3H3/b5-4+,15-14+. The summed E-state index contributed by atoms with van der Waals surface area (Å²) in [6.45, 7) is 6.48. The highest BCUT2D eigenvalue weighted by Crippen LogP contribution is 2.24. The van der Waals surface area contributed by atoms with Crippen molar-refractivity contribution >= 4 is 23.5 Å². The van der Waals surface area contributed by atoms with Crippen LogP contribution in [0, 0.1) is 23.2 Å². The molecule has 1 heterocycles. The fourth-order valence-electron chi connectivity index (χ4n) is 3.40. The SMILES string of the molecule is CC(C)(C)C#C/C=C/CC(CO)Cc1cccc(/C=C/c2cccc(-c3ccsc3)c2)c1. The number of benzene rings is 2. The summed E-state index contributed by atoms with van der Waals surface area (Å²) in [5.41, 5.74) is 6.13. The Balaban J connectivity index is 1.63. The molecule has 1 nitrogen and oxygen atoms in total. The zero-order valence-electron chi connectivity index (χ0n) is 19.2. The van der Waals surface area contributed by atoms with E-state index in [9.17, 15) is 5.11 Å². The van der Waals surface area contributed by atoms with E-state index in [2.05, 4.69) is 116 Å². The quantitative estimate of drug-likeness (QED) is 0.281. The molecule has 0 aliphatic carbocycles. The number of hydrogen-bond donors (Lipinski definition) is 1. The van der Waals surface area contributed by atoms with E-state index in [1.54, 1.807) is 11.3 Å². The molecule has 0 spiro atoms. The van der Waals surface area contributed by atoms with Crippen LogP contribution in [0.2, 0.25) is 0 Å². The minimum absolute atomic E-state index is 0.0138. The fourth-order valence-corrected chi connectivity index (χ4v) is 4.07. The summed E-state index contributed by atoms with van der Waals surface area (Å²) in [7, 11) is 0. The van der Waals surface area contributed by atoms with Crippen LogP contribution in [0.15, 0.2) is 77.5 Å². The Bertz CT molecular complexity index is 1100. The van der Waals surface area contributed by atoms with Crippen molar-refractivity contribution in [2.45, 2.75) is 33.6 Å². The van der Waals surface area contributed by atoms with Gasteiger partial charge in [-0.1, -0.05) is 72.5 Å². The number of aliphatic hydroxyl groups excluding tert-OH is 1. The molecule has 0 aliphatic rings. The lowest BCUT2D eigenvalue weighted by Crippen LogP contribution is -2.08. The van der Waals surface area contributed by atoms with Gasteiger partial charge in [0.1, 0.15) is 0 Å². The molecule has 0 saturated carbocycles. The Labute approximate surface area is 197 Å². The third-order valence-electron chi connectivity index (χ3n) is 5.06. The Kier molecular flexibility index (Phi) is 8.68. The van der Waals surface area contributed by atoms with Crippen LogP contribution in [0.4, 0.5) is 0 Å². The average molecular weight is 441 g/mol. The number of allylic oxidation sites excluding steroid dienone is 2. The number of aliphatic hydroxyl groups is 1. The zero-order valence-corrected chi connectivity index (χ0v) is 20.0. The maximum Gasteiger partial charge on any atom is 0.0465 e. The van der Waals surface area contributed by atoms with Crippen molar-refractivity contribution in [3.63, 3.8) is 0 Å². The summed E-state index contributed by atoms with van der Waals surface area (Å²) in [6, 6.07) is 19.3. The van der Waals surface area contributed by atoms with Gasteiger partial charge in [0, 0.05) is 12.0 Å². The first kappa shape index (κ1) is 23.8. The topological polar surface area (TPSA) is 20.2 Å². The summed E-state index contributed by atoms with van der Waals surface area (Å²) >= 11 is 1.72. The van der Waals surface area contributed by atoms with Gasteiger partial charge in [0.05, 0.1) is 0 Å². The molecule has 1 unspecified atom stereocenters. The highest BCUT2D eigenvalue weighted by atomic mass is 32.1. The van der Waals surface area contributed by atoms with Gasteiger partial charge in [0.2, 0.25) is 0 Å². The fraction of sp³-hybridized carbons (Fsp3) is 0.267. The second-order valence-electron chi connectivity index (χ2n) is 9.13. The molecule has 0 bridgehead atoms. The van der Waals surface area contributed by atoms with Crippen LogP contribution in [0.5, 0.6) is 0 Å². The van der Waals surface area contributed by atoms with E-state index in [0.717, 1.165) is 12.8 Å². The normalized spacial score (nSPS) is 12.8. The lowest BCUT2D eigenvalue weighted by molar-refractivity contribution is 0.227. The predicted octanol–water partition coefficient (Wildman–Crippen LogP) is 7.73. The lowest BCUT2D eigenvalue weighted by atomic mass is 9.95. The molecular formula is C30H32OS. The van der Waals surface area contributed by atoms with Gasteiger partial charge >= 0.3 is 0 Å². The highest BCUT2D eigenvalue weighted by Gasteiger charge is 2.07. The van der Waals surface area contributed by atoms with Gasteiger partial charge < -0.3 is 5.11 Å². The van der Waals surface area contributed by atoms with Crippen LogP contribution in [0.25, 0.3) is 23.3 Å². The van der Waals surface area contributed by atoms with Gasteiger partial charge in [-0.2, -0.15) is 11.3 Å². The van der Waals surface area contributed by atoms with Crippen LogP contribution in [-0.2, 0) is 6.42 Å². The molecular weight excluding hydrogens is 408 g/mol. The Morgan fingerprint density at radius 1 is 0.969 bits per heavy atom. The molecule has 0 amide bonds. The summed E-state index contributed by atoms with van der Waals surface area (Å²) < 4.78 is 0. The lowest BCUT2D eigenvalue weighted by Gasteiger charge is -2.12. The Hall–Kier alpha value is -2.86. The van der Waals surface area contributed by atoms with E-state index >= 15 is 0 Å². The highest BCUT2D eigenvalue weighted by molar-refractivity contribution is 7.08. The van der Waals surface area contributed by atoms with E-state index in [1.807, 2.05) is 6.08 Å². The predicted molar refractivity (Wildman–Crippen MR) is 140 cm³/mol. The molecule has 3 aromatic rings. The van der Waals surface area contributed by atoms with Crippen molar-refractivity contribution in [3.8, 4) is 23.0 Å². The van der Waals surface area contributed by atoms with E-state index in [0.29, 0.717) is 0 Å². The first-order chi connectivity index (χ1) is 15.4. The minimum Gasteiger partial charge on any atom is -0.396 e. The van der Waals surface area contributed by atoms with Crippen molar-refractivity contribution in [3.05, 3.63) is 94.2 Å². The van der Waals surface area contributed by atoms with Gasteiger partial charge in [0.15, 0.2) is 0 Å². The van der Waals surface area contributed by atoms with E-state index in [1.165, 1.54) is 27.8 Å². The van der Waals surface area contributed by atoms with Gasteiger partial charge in [0.25, 0.3) is 0 Å². The van der Waals surface area contributed by atoms with Crippen LogP contribution in [0.1, 0.15) is 43.9 Å². The third kappa shape index (κ3) is 8.00. The molecule has 3 rings (SSSR count). The van der Waals surface area contributed by atoms with Crippen molar-refractivity contribution in [2.24, 2.45) is 11.3 Å². The largest absolute Gasteiger partial charge is 0.396 e. The molecule has 0 aliphatic heterocycles. The second kappa shape index (κ2) is 11.7. The molecule has 32 heavy (non-hydrogen) atoms.